The Morgan fingerprint density at radius 3 is 3.21 bits per heavy atom. The third kappa shape index (κ3) is 1.51. The fourth-order valence-corrected chi connectivity index (χ4v) is 1.42. The fraction of sp³-hybridized carbons (Fsp3) is 0.300. The van der Waals surface area contributed by atoms with E-state index in [1.807, 2.05) is 29.3 Å². The number of ether oxygens (including phenoxy) is 1. The number of nitrogens with zero attached hydrogens (tertiary/aromatic N) is 1. The van der Waals surface area contributed by atoms with Gasteiger partial charge in [-0.15, -0.1) is 0 Å². The quantitative estimate of drug-likeness (QED) is 0.654. The molecule has 0 aromatic heterocycles. The summed E-state index contributed by atoms with van der Waals surface area (Å²) in [6.45, 7) is 2.19. The zero-order valence-corrected chi connectivity index (χ0v) is 7.93. The molecular weight excluding hydrogens is 180 g/mol. The van der Waals surface area contributed by atoms with Crippen molar-refractivity contribution < 1.29 is 9.53 Å². The van der Waals surface area contributed by atoms with E-state index in [-0.39, 0.29) is 12.1 Å². The zero-order chi connectivity index (χ0) is 9.97. The Hall–Kier alpha value is -1.71. The molecule has 0 saturated carbocycles. The molecule has 1 unspecified atom stereocenters. The summed E-state index contributed by atoms with van der Waals surface area (Å²) in [7, 11) is 0. The minimum atomic E-state index is -0.302. The maximum Gasteiger partial charge on any atom is 0.355 e. The van der Waals surface area contributed by atoms with Crippen LogP contribution in [0, 0.1) is 0 Å². The van der Waals surface area contributed by atoms with Crippen molar-refractivity contribution in [3.8, 4) is 0 Å². The highest BCUT2D eigenvalue weighted by molar-refractivity contribution is 5.88. The fourth-order valence-electron chi connectivity index (χ4n) is 1.42. The van der Waals surface area contributed by atoms with E-state index in [9.17, 15) is 4.79 Å². The number of hydrogen-bond acceptors (Lipinski definition) is 4. The van der Waals surface area contributed by atoms with Gasteiger partial charge in [-0.2, -0.15) is 0 Å². The number of rotatable bonds is 2. The molecule has 0 radical (unpaired) electrons. The van der Waals surface area contributed by atoms with E-state index in [2.05, 4.69) is 5.32 Å². The van der Waals surface area contributed by atoms with Gasteiger partial charge in [0.2, 0.25) is 0 Å². The topological polar surface area (TPSA) is 41.6 Å². The summed E-state index contributed by atoms with van der Waals surface area (Å²) in [6, 6.07) is 0. The highest BCUT2D eigenvalue weighted by Gasteiger charge is 2.25. The van der Waals surface area contributed by atoms with E-state index < -0.39 is 0 Å². The molecule has 0 spiro atoms. The van der Waals surface area contributed by atoms with Gasteiger partial charge in [-0.3, -0.25) is 0 Å². The summed E-state index contributed by atoms with van der Waals surface area (Å²) in [5, 5.41) is 3.05. The molecule has 0 saturated heterocycles. The number of carbonyl (C=O) groups excluding carboxylic acids is 1. The van der Waals surface area contributed by atoms with Crippen LogP contribution in [0.5, 0.6) is 0 Å². The first-order valence-electron chi connectivity index (χ1n) is 4.59. The van der Waals surface area contributed by atoms with Crippen LogP contribution in [0.15, 0.2) is 36.3 Å². The first-order chi connectivity index (χ1) is 6.81. The Kier molecular flexibility index (Phi) is 2.26. The van der Waals surface area contributed by atoms with Gasteiger partial charge >= 0.3 is 5.97 Å². The monoisotopic (exact) mass is 192 g/mol. The summed E-state index contributed by atoms with van der Waals surface area (Å²) in [6.07, 6.45) is 9.55. The van der Waals surface area contributed by atoms with E-state index in [4.69, 9.17) is 4.74 Å². The van der Waals surface area contributed by atoms with Gasteiger partial charge in [0.1, 0.15) is 11.9 Å². The molecule has 2 aliphatic rings. The van der Waals surface area contributed by atoms with E-state index in [1.165, 1.54) is 0 Å². The molecule has 0 aromatic rings. The Bertz CT molecular complexity index is 331. The van der Waals surface area contributed by atoms with E-state index in [0.29, 0.717) is 12.3 Å². The Balaban J connectivity index is 2.07. The second-order valence-corrected chi connectivity index (χ2v) is 3.03. The number of esters is 1. The number of allylic oxidation sites excluding steroid dienone is 2. The predicted molar refractivity (Wildman–Crippen MR) is 51.8 cm³/mol. The number of carbonyl (C=O) groups is 1. The number of fused-ring (bicyclic) bond motifs is 1. The van der Waals surface area contributed by atoms with Gasteiger partial charge in [0.25, 0.3) is 0 Å². The lowest BCUT2D eigenvalue weighted by molar-refractivity contribution is -0.138. The average Bonchev–Trinajstić information content (AvgIpc) is 2.61. The molecular formula is C10H12N2O2. The standard InChI is InChI=1S/C10H12N2O2/c1-2-14-10(13)8-7-12-6-4-3-5-9(12)11-8/h3-7,9,11H,2H2,1H3. The Labute approximate surface area is 82.5 Å². The van der Waals surface area contributed by atoms with Crippen molar-refractivity contribution in [3.05, 3.63) is 36.3 Å². The van der Waals surface area contributed by atoms with Crippen LogP contribution in [0.25, 0.3) is 0 Å². The first kappa shape index (κ1) is 8.87. The van der Waals surface area contributed by atoms with Crippen LogP contribution in [-0.4, -0.2) is 23.6 Å². The van der Waals surface area contributed by atoms with Gasteiger partial charge < -0.3 is 15.0 Å². The van der Waals surface area contributed by atoms with Crippen molar-refractivity contribution in [2.75, 3.05) is 6.61 Å². The lowest BCUT2D eigenvalue weighted by Crippen LogP contribution is -2.33. The average molecular weight is 192 g/mol. The summed E-state index contributed by atoms with van der Waals surface area (Å²) in [4.78, 5) is 13.3. The minimum Gasteiger partial charge on any atom is -0.461 e. The second kappa shape index (κ2) is 3.57. The molecule has 1 N–H and O–H groups in total. The summed E-state index contributed by atoms with van der Waals surface area (Å²) in [5.74, 6) is -0.302. The predicted octanol–water partition coefficient (Wildman–Crippen LogP) is 0.706. The Morgan fingerprint density at radius 2 is 2.50 bits per heavy atom. The smallest absolute Gasteiger partial charge is 0.355 e. The van der Waals surface area contributed by atoms with Crippen LogP contribution in [0.2, 0.25) is 0 Å². The zero-order valence-electron chi connectivity index (χ0n) is 7.93. The molecule has 0 fully saturated rings. The van der Waals surface area contributed by atoms with E-state index in [0.717, 1.165) is 0 Å². The molecule has 4 nitrogen and oxygen atoms in total. The Morgan fingerprint density at radius 1 is 1.64 bits per heavy atom. The summed E-state index contributed by atoms with van der Waals surface area (Å²) >= 11 is 0. The highest BCUT2D eigenvalue weighted by Crippen LogP contribution is 2.16. The summed E-state index contributed by atoms with van der Waals surface area (Å²) < 4.78 is 4.89. The van der Waals surface area contributed by atoms with Crippen molar-refractivity contribution in [2.24, 2.45) is 0 Å². The van der Waals surface area contributed by atoms with Crippen molar-refractivity contribution in [1.82, 2.24) is 10.2 Å². The molecule has 2 heterocycles. The van der Waals surface area contributed by atoms with Gasteiger partial charge in [-0.05, 0) is 19.1 Å². The molecule has 4 heteroatoms. The van der Waals surface area contributed by atoms with Crippen molar-refractivity contribution in [2.45, 2.75) is 13.1 Å². The third-order valence-electron chi connectivity index (χ3n) is 2.06. The molecule has 0 amide bonds. The van der Waals surface area contributed by atoms with Crippen LogP contribution in [0.1, 0.15) is 6.92 Å². The maximum absolute atomic E-state index is 11.4. The van der Waals surface area contributed by atoms with Crippen molar-refractivity contribution in [1.29, 1.82) is 0 Å². The van der Waals surface area contributed by atoms with Crippen LogP contribution < -0.4 is 5.32 Å². The van der Waals surface area contributed by atoms with Gasteiger partial charge in [-0.1, -0.05) is 6.08 Å². The van der Waals surface area contributed by atoms with Crippen molar-refractivity contribution >= 4 is 5.97 Å². The molecule has 74 valence electrons. The SMILES string of the molecule is CCOC(=O)C1=CN2C=CC=CC2N1. The van der Waals surface area contributed by atoms with Crippen LogP contribution in [-0.2, 0) is 9.53 Å². The van der Waals surface area contributed by atoms with Crippen LogP contribution >= 0.6 is 0 Å². The lowest BCUT2D eigenvalue weighted by atomic mass is 10.3. The number of nitrogens with one attached hydrogen (secondary N) is 1. The number of hydrogen-bond donors (Lipinski definition) is 1. The molecule has 0 aliphatic carbocycles. The highest BCUT2D eigenvalue weighted by atomic mass is 16.5. The second-order valence-electron chi connectivity index (χ2n) is 3.03. The van der Waals surface area contributed by atoms with Crippen LogP contribution in [0.3, 0.4) is 0 Å². The molecule has 14 heavy (non-hydrogen) atoms. The van der Waals surface area contributed by atoms with Gasteiger partial charge in [0, 0.05) is 12.4 Å². The molecule has 2 rings (SSSR count). The van der Waals surface area contributed by atoms with Gasteiger partial charge in [-0.25, -0.2) is 4.79 Å². The van der Waals surface area contributed by atoms with Gasteiger partial charge in [0.05, 0.1) is 6.61 Å². The molecule has 1 atom stereocenters. The minimum absolute atomic E-state index is 0.0550. The van der Waals surface area contributed by atoms with Crippen LogP contribution in [0.4, 0.5) is 0 Å². The third-order valence-corrected chi connectivity index (χ3v) is 2.06. The van der Waals surface area contributed by atoms with E-state index >= 15 is 0 Å². The maximum atomic E-state index is 11.4. The largest absolute Gasteiger partial charge is 0.461 e. The van der Waals surface area contributed by atoms with Crippen molar-refractivity contribution in [3.63, 3.8) is 0 Å². The van der Waals surface area contributed by atoms with E-state index in [1.54, 1.807) is 13.1 Å². The lowest BCUT2D eigenvalue weighted by Gasteiger charge is -2.20. The summed E-state index contributed by atoms with van der Waals surface area (Å²) in [5.41, 5.74) is 0.507. The first-order valence-corrected chi connectivity index (χ1v) is 4.59. The normalized spacial score (nSPS) is 22.8. The molecule has 0 bridgehead atoms. The molecule has 2 aliphatic heterocycles. The van der Waals surface area contributed by atoms with Gasteiger partial charge in [0.15, 0.2) is 0 Å². The molecule has 0 aromatic carbocycles.